The maximum absolute atomic E-state index is 11.7. The lowest BCUT2D eigenvalue weighted by molar-refractivity contribution is -0.115. The van der Waals surface area contributed by atoms with E-state index in [1.54, 1.807) is 6.92 Å². The second-order valence-electron chi connectivity index (χ2n) is 7.01. The van der Waals surface area contributed by atoms with Gasteiger partial charge < -0.3 is 4.67 Å². The van der Waals surface area contributed by atoms with Gasteiger partial charge in [0.15, 0.2) is 8.24 Å². The zero-order valence-corrected chi connectivity index (χ0v) is 16.0. The Kier molecular flexibility index (Phi) is 6.09. The molecular formula is C20H26N2OSi. The van der Waals surface area contributed by atoms with Crippen LogP contribution in [0.3, 0.4) is 0 Å². The molecule has 4 heteroatoms. The molecule has 0 saturated heterocycles. The van der Waals surface area contributed by atoms with Crippen molar-refractivity contribution in [1.82, 2.24) is 4.67 Å². The number of hydrogen-bond donors (Lipinski definition) is 0. The van der Waals surface area contributed by atoms with Crippen molar-refractivity contribution in [2.45, 2.75) is 39.5 Å². The first-order valence-electron chi connectivity index (χ1n) is 8.30. The van der Waals surface area contributed by atoms with Crippen LogP contribution in [-0.2, 0) is 11.3 Å². The first-order chi connectivity index (χ1) is 11.4. The summed E-state index contributed by atoms with van der Waals surface area (Å²) >= 11 is 0. The minimum Gasteiger partial charge on any atom is -0.320 e. The number of carbonyl (C=O) groups is 1. The van der Waals surface area contributed by atoms with Crippen molar-refractivity contribution < 1.29 is 4.79 Å². The summed E-state index contributed by atoms with van der Waals surface area (Å²) in [5.41, 5.74) is 3.10. The van der Waals surface area contributed by atoms with Crippen LogP contribution in [0.5, 0.6) is 0 Å². The molecule has 0 amide bonds. The maximum Gasteiger partial charge on any atom is 0.169 e. The SMILES string of the molecule is CC(=O)CC(=NN(Cc1ccccc1)[Si](C)(C)C)c1ccccc1. The Morgan fingerprint density at radius 1 is 0.958 bits per heavy atom. The van der Waals surface area contributed by atoms with Gasteiger partial charge in [0.05, 0.1) is 18.7 Å². The summed E-state index contributed by atoms with van der Waals surface area (Å²) in [7, 11) is -1.68. The van der Waals surface area contributed by atoms with Crippen LogP contribution >= 0.6 is 0 Å². The summed E-state index contributed by atoms with van der Waals surface area (Å²) in [5.74, 6) is 0.132. The molecular weight excluding hydrogens is 312 g/mol. The predicted octanol–water partition coefficient (Wildman–Crippen LogP) is 4.71. The number of hydrogen-bond acceptors (Lipinski definition) is 3. The molecule has 0 aliphatic carbocycles. The summed E-state index contributed by atoms with van der Waals surface area (Å²) in [4.78, 5) is 11.7. The molecule has 2 rings (SSSR count). The van der Waals surface area contributed by atoms with Gasteiger partial charge in [0, 0.05) is 0 Å². The average Bonchev–Trinajstić information content (AvgIpc) is 2.54. The smallest absolute Gasteiger partial charge is 0.169 e. The van der Waals surface area contributed by atoms with Gasteiger partial charge in [-0.3, -0.25) is 4.79 Å². The molecule has 0 bridgehead atoms. The highest BCUT2D eigenvalue weighted by molar-refractivity contribution is 6.73. The minimum atomic E-state index is -1.68. The molecule has 0 aromatic heterocycles. The van der Waals surface area contributed by atoms with Gasteiger partial charge in [-0.25, -0.2) is 0 Å². The molecule has 0 N–H and O–H groups in total. The second-order valence-corrected chi connectivity index (χ2v) is 11.9. The third kappa shape index (κ3) is 5.46. The van der Waals surface area contributed by atoms with Crippen LogP contribution in [-0.4, -0.2) is 24.4 Å². The van der Waals surface area contributed by atoms with Crippen molar-refractivity contribution >= 4 is 19.7 Å². The highest BCUT2D eigenvalue weighted by Crippen LogP contribution is 2.17. The topological polar surface area (TPSA) is 32.7 Å². The number of Topliss-reactive ketones (excluding diaryl/α,β-unsaturated/α-hetero) is 1. The Morgan fingerprint density at radius 2 is 1.50 bits per heavy atom. The van der Waals surface area contributed by atoms with Crippen LogP contribution < -0.4 is 0 Å². The molecule has 0 aliphatic heterocycles. The van der Waals surface area contributed by atoms with Gasteiger partial charge in [-0.2, -0.15) is 5.10 Å². The van der Waals surface area contributed by atoms with E-state index in [-0.39, 0.29) is 5.78 Å². The van der Waals surface area contributed by atoms with Gasteiger partial charge in [-0.15, -0.1) is 0 Å². The zero-order valence-electron chi connectivity index (χ0n) is 15.0. The maximum atomic E-state index is 11.7. The second kappa shape index (κ2) is 8.06. The van der Waals surface area contributed by atoms with Gasteiger partial charge in [0.1, 0.15) is 5.78 Å². The zero-order chi connectivity index (χ0) is 17.6. The van der Waals surface area contributed by atoms with E-state index in [4.69, 9.17) is 5.10 Å². The third-order valence-corrected chi connectivity index (χ3v) is 5.52. The molecule has 24 heavy (non-hydrogen) atoms. The van der Waals surface area contributed by atoms with Crippen LogP contribution in [0.2, 0.25) is 19.6 Å². The summed E-state index contributed by atoms with van der Waals surface area (Å²) in [6.45, 7) is 9.21. The lowest BCUT2D eigenvalue weighted by Crippen LogP contribution is -2.42. The number of carbonyl (C=O) groups excluding carboxylic acids is 1. The molecule has 2 aromatic carbocycles. The summed E-state index contributed by atoms with van der Waals surface area (Å²) in [5, 5.41) is 4.94. The molecule has 0 aliphatic rings. The van der Waals surface area contributed by atoms with E-state index < -0.39 is 8.24 Å². The Balaban J connectivity index is 2.38. The predicted molar refractivity (Wildman–Crippen MR) is 104 cm³/mol. The van der Waals surface area contributed by atoms with Crippen molar-refractivity contribution in [3.05, 3.63) is 71.8 Å². The molecule has 0 saturated carbocycles. The largest absolute Gasteiger partial charge is 0.320 e. The van der Waals surface area contributed by atoms with Gasteiger partial charge in [-0.1, -0.05) is 80.3 Å². The fraction of sp³-hybridized carbons (Fsp3) is 0.300. The van der Waals surface area contributed by atoms with E-state index in [2.05, 4.69) is 48.6 Å². The average molecular weight is 339 g/mol. The molecule has 0 fully saturated rings. The first-order valence-corrected chi connectivity index (χ1v) is 11.7. The first kappa shape index (κ1) is 18.1. The molecule has 3 nitrogen and oxygen atoms in total. The van der Waals surface area contributed by atoms with E-state index >= 15 is 0 Å². The van der Waals surface area contributed by atoms with Gasteiger partial charge >= 0.3 is 0 Å². The van der Waals surface area contributed by atoms with E-state index in [1.807, 2.05) is 36.4 Å². The van der Waals surface area contributed by atoms with Gasteiger partial charge in [0.25, 0.3) is 0 Å². The lowest BCUT2D eigenvalue weighted by atomic mass is 10.1. The Labute approximate surface area is 146 Å². The third-order valence-electron chi connectivity index (χ3n) is 3.71. The van der Waals surface area contributed by atoms with Crippen molar-refractivity contribution in [2.75, 3.05) is 0 Å². The quantitative estimate of drug-likeness (QED) is 0.416. The van der Waals surface area contributed by atoms with Crippen LogP contribution in [0.15, 0.2) is 65.8 Å². The van der Waals surface area contributed by atoms with Crippen molar-refractivity contribution in [2.24, 2.45) is 5.10 Å². The van der Waals surface area contributed by atoms with Crippen molar-refractivity contribution in [3.63, 3.8) is 0 Å². The molecule has 2 aromatic rings. The van der Waals surface area contributed by atoms with Crippen molar-refractivity contribution in [3.8, 4) is 0 Å². The molecule has 0 unspecified atom stereocenters. The normalized spacial score (nSPS) is 12.1. The molecule has 0 radical (unpaired) electrons. The highest BCUT2D eigenvalue weighted by atomic mass is 28.3. The van der Waals surface area contributed by atoms with E-state index in [0.29, 0.717) is 6.42 Å². The fourth-order valence-electron chi connectivity index (χ4n) is 2.39. The van der Waals surface area contributed by atoms with Crippen LogP contribution in [0, 0.1) is 0 Å². The molecule has 0 heterocycles. The van der Waals surface area contributed by atoms with E-state index in [0.717, 1.165) is 17.8 Å². The number of ketones is 1. The number of hydrazone groups is 1. The fourth-order valence-corrected chi connectivity index (χ4v) is 3.46. The Hall–Kier alpha value is -2.20. The standard InChI is InChI=1S/C20H26N2OSi/c1-17(23)15-20(19-13-9-6-10-14-19)21-22(24(2,3)4)16-18-11-7-5-8-12-18/h5-14H,15-16H2,1-4H3. The summed E-state index contributed by atoms with van der Waals surface area (Å²) in [6.07, 6.45) is 0.361. The molecule has 126 valence electrons. The van der Waals surface area contributed by atoms with Crippen molar-refractivity contribution in [1.29, 1.82) is 0 Å². The monoisotopic (exact) mass is 338 g/mol. The molecule has 0 spiro atoms. The van der Waals surface area contributed by atoms with Gasteiger partial charge in [0.2, 0.25) is 0 Å². The summed E-state index contributed by atoms with van der Waals surface area (Å²) in [6, 6.07) is 20.4. The summed E-state index contributed by atoms with van der Waals surface area (Å²) < 4.78 is 2.20. The van der Waals surface area contributed by atoms with Crippen LogP contribution in [0.25, 0.3) is 0 Å². The highest BCUT2D eigenvalue weighted by Gasteiger charge is 2.24. The Morgan fingerprint density at radius 3 is 2.00 bits per heavy atom. The van der Waals surface area contributed by atoms with E-state index in [1.165, 1.54) is 5.56 Å². The molecule has 0 atom stereocenters. The van der Waals surface area contributed by atoms with Crippen LogP contribution in [0.4, 0.5) is 0 Å². The van der Waals surface area contributed by atoms with Crippen LogP contribution in [0.1, 0.15) is 24.5 Å². The number of rotatable bonds is 7. The van der Waals surface area contributed by atoms with Gasteiger partial charge in [-0.05, 0) is 18.1 Å². The number of benzene rings is 2. The van der Waals surface area contributed by atoms with E-state index in [9.17, 15) is 4.79 Å². The minimum absolute atomic E-state index is 0.132. The number of nitrogens with zero attached hydrogens (tertiary/aromatic N) is 2. The Bertz CT molecular complexity index is 691. The lowest BCUT2D eigenvalue weighted by Gasteiger charge is -2.32.